The summed E-state index contributed by atoms with van der Waals surface area (Å²) in [6, 6.07) is 27.5. The number of carbonyl (C=O) groups excluding carboxylic acids is 1. The maximum atomic E-state index is 13.8. The molecule has 68 heavy (non-hydrogen) atoms. The molecule has 0 unspecified atom stereocenters. The molecule has 3 saturated heterocycles. The molecule has 1 amide bonds. The van der Waals surface area contributed by atoms with Gasteiger partial charge in [-0.15, -0.1) is 0 Å². The van der Waals surface area contributed by atoms with Gasteiger partial charge in [0.15, 0.2) is 5.69 Å². The summed E-state index contributed by atoms with van der Waals surface area (Å²) in [7, 11) is -4.11. The molecule has 354 valence electrons. The number of aromatic carboxylic acids is 1. The van der Waals surface area contributed by atoms with Gasteiger partial charge < -0.3 is 24.7 Å². The lowest BCUT2D eigenvalue weighted by molar-refractivity contribution is 0.0687. The summed E-state index contributed by atoms with van der Waals surface area (Å²) in [6.07, 6.45) is 5.57. The van der Waals surface area contributed by atoms with E-state index in [9.17, 15) is 38.0 Å². The first-order valence-electron chi connectivity index (χ1n) is 23.1. The fourth-order valence-corrected chi connectivity index (χ4v) is 10.5. The molecule has 8 rings (SSSR count). The zero-order chi connectivity index (χ0) is 48.7. The van der Waals surface area contributed by atoms with Crippen LogP contribution >= 0.6 is 0 Å². The summed E-state index contributed by atoms with van der Waals surface area (Å²) < 4.78 is 37.9. The van der Waals surface area contributed by atoms with Crippen LogP contribution in [0.25, 0.3) is 0 Å². The number of carbonyl (C=O) groups is 2. The number of halogens is 1. The number of piperazine rings is 1. The first-order chi connectivity index (χ1) is 32.5. The molecular weight excluding hydrogens is 882 g/mol. The van der Waals surface area contributed by atoms with Gasteiger partial charge in [-0.1, -0.05) is 36.4 Å². The van der Waals surface area contributed by atoms with E-state index in [0.29, 0.717) is 66.1 Å². The second-order valence-corrected chi connectivity index (χ2v) is 19.6. The number of primary sulfonamides is 1. The first kappa shape index (κ1) is 49.0. The lowest BCUT2D eigenvalue weighted by Crippen LogP contribution is -2.49. The second-order valence-electron chi connectivity index (χ2n) is 18.1. The maximum Gasteiger partial charge on any atom is 0.354 e. The highest BCUT2D eigenvalue weighted by atomic mass is 32.2. The molecule has 5 aromatic rings. The van der Waals surface area contributed by atoms with Gasteiger partial charge in [-0.25, -0.2) is 32.7 Å². The van der Waals surface area contributed by atoms with E-state index in [2.05, 4.69) is 26.9 Å². The van der Waals surface area contributed by atoms with Crippen molar-refractivity contribution < 1.29 is 27.5 Å². The first-order valence-corrected chi connectivity index (χ1v) is 24.6. The molecule has 3 aliphatic rings. The number of amides is 1. The predicted octanol–water partition coefficient (Wildman–Crippen LogP) is 7.51. The Morgan fingerprint density at radius 3 is 1.54 bits per heavy atom. The van der Waals surface area contributed by atoms with Gasteiger partial charge in [0, 0.05) is 63.7 Å². The van der Waals surface area contributed by atoms with Gasteiger partial charge in [-0.2, -0.15) is 10.5 Å². The number of piperidine rings is 2. The molecule has 0 bridgehead atoms. The van der Waals surface area contributed by atoms with Gasteiger partial charge >= 0.3 is 5.97 Å². The van der Waals surface area contributed by atoms with Gasteiger partial charge in [-0.05, 0) is 143 Å². The Morgan fingerprint density at radius 1 is 0.647 bits per heavy atom. The van der Waals surface area contributed by atoms with Crippen molar-refractivity contribution in [2.75, 3.05) is 67.1 Å². The molecule has 0 spiro atoms. The lowest BCUT2D eigenvalue weighted by atomic mass is 9.90. The number of nitriles is 2. The van der Waals surface area contributed by atoms with Gasteiger partial charge in [0.25, 0.3) is 5.91 Å². The van der Waals surface area contributed by atoms with E-state index in [0.717, 1.165) is 110 Å². The smallest absolute Gasteiger partial charge is 0.354 e. The third-order valence-electron chi connectivity index (χ3n) is 13.5. The Morgan fingerprint density at radius 2 is 1.09 bits per heavy atom. The van der Waals surface area contributed by atoms with Crippen molar-refractivity contribution in [2.45, 2.75) is 71.1 Å². The number of aryl methyl sites for hydroxylation is 4. The number of hydrogen-bond donors (Lipinski definition) is 2. The number of rotatable bonds is 10. The van der Waals surface area contributed by atoms with Crippen LogP contribution < -0.4 is 19.8 Å². The molecule has 3 aromatic carbocycles. The van der Waals surface area contributed by atoms with Crippen molar-refractivity contribution in [3.8, 4) is 12.1 Å². The minimum Gasteiger partial charge on any atom is -0.477 e. The molecule has 0 atom stereocenters. The molecule has 5 heterocycles. The second kappa shape index (κ2) is 21.4. The van der Waals surface area contributed by atoms with E-state index in [1.807, 2.05) is 86.3 Å². The standard InChI is InChI=1S/C31H35FN6O3S.C21H23N3O2/c1-21-17-22(2)30(35-26(21)18-23-9-11-36(12-10-23)27-6-4-3-5-24(27)20-33)31(39)38-15-13-37(14-16-38)28-8-7-25(32)19-29(28)42(34,40)41;1-14-11-15(2)20(21(25)26)23-18(14)12-16-7-9-24(10-8-16)19-6-4-3-5-17(19)13-22/h3-8,17,19,23H,9-16,18H2,1-2H3,(H2,34,40,41);3-6,11,16H,7-10,12H2,1-2H3,(H,25,26). The molecule has 14 nitrogen and oxygen atoms in total. The molecule has 3 aliphatic heterocycles. The fraction of sp³-hybridized carbons (Fsp3) is 0.385. The number of benzene rings is 3. The molecule has 3 fully saturated rings. The summed E-state index contributed by atoms with van der Waals surface area (Å²) >= 11 is 0. The van der Waals surface area contributed by atoms with Crippen LogP contribution in [0.4, 0.5) is 21.5 Å². The van der Waals surface area contributed by atoms with Crippen molar-refractivity contribution in [3.63, 3.8) is 0 Å². The van der Waals surface area contributed by atoms with E-state index < -0.39 is 21.8 Å². The average Bonchev–Trinajstić information content (AvgIpc) is 3.33. The summed E-state index contributed by atoms with van der Waals surface area (Å²) in [5.74, 6) is -0.882. The number of hydrogen-bond acceptors (Lipinski definition) is 11. The van der Waals surface area contributed by atoms with Crippen LogP contribution in [0, 0.1) is 68.0 Å². The number of sulfonamides is 1. The van der Waals surface area contributed by atoms with Crippen molar-refractivity contribution in [1.29, 1.82) is 10.5 Å². The van der Waals surface area contributed by atoms with E-state index in [-0.39, 0.29) is 16.5 Å². The predicted molar refractivity (Wildman–Crippen MR) is 260 cm³/mol. The van der Waals surface area contributed by atoms with Crippen molar-refractivity contribution in [3.05, 3.63) is 141 Å². The van der Waals surface area contributed by atoms with Gasteiger partial charge in [0.2, 0.25) is 10.0 Å². The minimum atomic E-state index is -4.11. The number of para-hydroxylation sites is 2. The van der Waals surface area contributed by atoms with Gasteiger partial charge in [-0.3, -0.25) is 4.79 Å². The van der Waals surface area contributed by atoms with Gasteiger partial charge in [0.1, 0.15) is 28.5 Å². The van der Waals surface area contributed by atoms with Crippen LogP contribution in [0.1, 0.15) is 91.4 Å². The topological polar surface area (TPSA) is 201 Å². The summed E-state index contributed by atoms with van der Waals surface area (Å²) in [5, 5.41) is 33.4. The van der Waals surface area contributed by atoms with E-state index in [1.54, 1.807) is 11.8 Å². The normalized spacial score (nSPS) is 15.8. The molecule has 2 aromatic heterocycles. The Labute approximate surface area is 398 Å². The van der Waals surface area contributed by atoms with Crippen molar-refractivity contribution in [1.82, 2.24) is 14.9 Å². The number of pyridine rings is 2. The third-order valence-corrected chi connectivity index (χ3v) is 14.4. The third kappa shape index (κ3) is 11.4. The maximum absolute atomic E-state index is 13.8. The summed E-state index contributed by atoms with van der Waals surface area (Å²) in [6.45, 7) is 12.8. The van der Waals surface area contributed by atoms with E-state index in [1.165, 1.54) is 12.1 Å². The van der Waals surface area contributed by atoms with Gasteiger partial charge in [0.05, 0.1) is 28.2 Å². The van der Waals surface area contributed by atoms with Crippen molar-refractivity contribution >= 4 is 39.0 Å². The Hall–Kier alpha value is -6.88. The molecule has 0 saturated carbocycles. The molecule has 3 N–H and O–H groups in total. The average molecular weight is 940 g/mol. The monoisotopic (exact) mass is 939 g/mol. The Bertz CT molecular complexity index is 2870. The number of anilines is 3. The van der Waals surface area contributed by atoms with E-state index >= 15 is 0 Å². The number of nitrogens with zero attached hydrogens (tertiary/aromatic N) is 8. The lowest BCUT2D eigenvalue weighted by Gasteiger charge is -2.37. The van der Waals surface area contributed by atoms with Crippen LogP contribution in [-0.2, 0) is 22.9 Å². The minimum absolute atomic E-state index is 0.151. The quantitative estimate of drug-likeness (QED) is 0.140. The molecule has 16 heteroatoms. The number of aromatic nitrogens is 2. The summed E-state index contributed by atoms with van der Waals surface area (Å²) in [5.41, 5.74) is 9.81. The highest BCUT2D eigenvalue weighted by Crippen LogP contribution is 2.31. The Kier molecular flexibility index (Phi) is 15.4. The van der Waals surface area contributed by atoms with Crippen LogP contribution in [-0.4, -0.2) is 92.6 Å². The van der Waals surface area contributed by atoms with Crippen LogP contribution in [0.15, 0.2) is 83.8 Å². The molecule has 0 aliphatic carbocycles. The highest BCUT2D eigenvalue weighted by molar-refractivity contribution is 7.89. The fourth-order valence-electron chi connectivity index (χ4n) is 9.69. The van der Waals surface area contributed by atoms with Crippen LogP contribution in [0.5, 0.6) is 0 Å². The van der Waals surface area contributed by atoms with Crippen LogP contribution in [0.2, 0.25) is 0 Å². The zero-order valence-corrected chi connectivity index (χ0v) is 39.9. The number of nitrogens with two attached hydrogens (primary N) is 1. The number of carboxylic acid groups (broad SMARTS) is 1. The molecular formula is C52H58FN9O5S. The highest BCUT2D eigenvalue weighted by Gasteiger charge is 2.29. The zero-order valence-electron chi connectivity index (χ0n) is 39.1. The number of carboxylic acids is 1. The van der Waals surface area contributed by atoms with Crippen molar-refractivity contribution in [2.24, 2.45) is 17.0 Å². The Balaban J connectivity index is 0.000000225. The summed E-state index contributed by atoms with van der Waals surface area (Å²) in [4.78, 5) is 42.1. The SMILES string of the molecule is Cc1cc(C)c(C(=O)N2CCN(c3ccc(F)cc3S(N)(=O)=O)CC2)nc1CC1CCN(c2ccccc2C#N)CC1.Cc1cc(C)c(C(=O)O)nc1CC1CCN(c2ccccc2C#N)CC1. The van der Waals surface area contributed by atoms with E-state index in [4.69, 9.17) is 10.1 Å². The molecule has 0 radical (unpaired) electrons. The van der Waals surface area contributed by atoms with Crippen LogP contribution in [0.3, 0.4) is 0 Å². The largest absolute Gasteiger partial charge is 0.477 e.